The summed E-state index contributed by atoms with van der Waals surface area (Å²) in [5, 5.41) is 8.41. The number of fused-ring (bicyclic) bond motifs is 1. The van der Waals surface area contributed by atoms with Crippen LogP contribution in [0.1, 0.15) is 16.8 Å². The zero-order chi connectivity index (χ0) is 17.4. The van der Waals surface area contributed by atoms with Gasteiger partial charge in [-0.3, -0.25) is 4.79 Å². The summed E-state index contributed by atoms with van der Waals surface area (Å²) in [6, 6.07) is 12.3. The van der Waals surface area contributed by atoms with E-state index in [9.17, 15) is 4.79 Å². The van der Waals surface area contributed by atoms with E-state index in [-0.39, 0.29) is 24.7 Å². The van der Waals surface area contributed by atoms with Crippen molar-refractivity contribution in [2.45, 2.75) is 32.5 Å². The molecule has 2 saturated heterocycles. The van der Waals surface area contributed by atoms with Gasteiger partial charge in [-0.1, -0.05) is 29.8 Å². The Kier molecular flexibility index (Phi) is 4.13. The quantitative estimate of drug-likeness (QED) is 0.853. The number of aryl methyl sites for hydroxylation is 2. The maximum atomic E-state index is 12.5. The largest absolute Gasteiger partial charge is 0.364 e. The molecule has 2 atom stereocenters. The van der Waals surface area contributed by atoms with Gasteiger partial charge in [0.05, 0.1) is 17.8 Å². The fraction of sp³-hybridized carbons (Fsp3) is 0.421. The number of hydrogen-bond acceptors (Lipinski definition) is 5. The van der Waals surface area contributed by atoms with Crippen molar-refractivity contribution < 1.29 is 9.53 Å². The Labute approximate surface area is 147 Å². The number of carbonyl (C=O) groups is 1. The van der Waals surface area contributed by atoms with Gasteiger partial charge < -0.3 is 14.5 Å². The van der Waals surface area contributed by atoms with Crippen LogP contribution in [0.4, 0.5) is 5.82 Å². The van der Waals surface area contributed by atoms with E-state index >= 15 is 0 Å². The summed E-state index contributed by atoms with van der Waals surface area (Å²) >= 11 is 0. The third-order valence-electron chi connectivity index (χ3n) is 4.92. The van der Waals surface area contributed by atoms with Crippen molar-refractivity contribution in [2.75, 3.05) is 24.6 Å². The highest BCUT2D eigenvalue weighted by Crippen LogP contribution is 2.28. The van der Waals surface area contributed by atoms with Crippen LogP contribution in [0.2, 0.25) is 0 Å². The average Bonchev–Trinajstić information content (AvgIpc) is 3.03. The molecule has 2 aliphatic heterocycles. The summed E-state index contributed by atoms with van der Waals surface area (Å²) in [6.07, 6.45) is 0.0191. The SMILES string of the molecule is Cc1cccc(CN2C(=O)CO[C@@H]3CN(c4ccc(C)nn4)C[C@H]32)c1. The Bertz CT molecular complexity index is 777. The molecule has 130 valence electrons. The molecule has 1 amide bonds. The Morgan fingerprint density at radius 1 is 1.16 bits per heavy atom. The Balaban J connectivity index is 1.54. The zero-order valence-electron chi connectivity index (χ0n) is 14.6. The molecule has 4 rings (SSSR count). The normalized spacial score (nSPS) is 23.0. The van der Waals surface area contributed by atoms with E-state index < -0.39 is 0 Å². The van der Waals surface area contributed by atoms with Crippen molar-refractivity contribution in [3.05, 3.63) is 53.2 Å². The lowest BCUT2D eigenvalue weighted by molar-refractivity contribution is -0.153. The van der Waals surface area contributed by atoms with Crippen molar-refractivity contribution in [1.29, 1.82) is 0 Å². The molecule has 3 heterocycles. The Morgan fingerprint density at radius 3 is 2.80 bits per heavy atom. The summed E-state index contributed by atoms with van der Waals surface area (Å²) < 4.78 is 5.80. The van der Waals surface area contributed by atoms with Crippen molar-refractivity contribution in [3.8, 4) is 0 Å². The highest BCUT2D eigenvalue weighted by molar-refractivity contribution is 5.79. The fourth-order valence-corrected chi connectivity index (χ4v) is 3.63. The van der Waals surface area contributed by atoms with Crippen LogP contribution < -0.4 is 4.90 Å². The van der Waals surface area contributed by atoms with Gasteiger partial charge in [0, 0.05) is 19.6 Å². The summed E-state index contributed by atoms with van der Waals surface area (Å²) in [5.41, 5.74) is 3.26. The number of carbonyl (C=O) groups excluding carboxylic acids is 1. The van der Waals surface area contributed by atoms with E-state index in [0.717, 1.165) is 30.2 Å². The molecule has 0 radical (unpaired) electrons. The highest BCUT2D eigenvalue weighted by atomic mass is 16.5. The first-order valence-electron chi connectivity index (χ1n) is 8.62. The molecular weight excluding hydrogens is 316 g/mol. The van der Waals surface area contributed by atoms with E-state index in [1.807, 2.05) is 30.0 Å². The number of ether oxygens (including phenoxy) is 1. The van der Waals surface area contributed by atoms with E-state index in [0.29, 0.717) is 6.54 Å². The van der Waals surface area contributed by atoms with Gasteiger partial charge >= 0.3 is 0 Å². The number of hydrogen-bond donors (Lipinski definition) is 0. The highest BCUT2D eigenvalue weighted by Gasteiger charge is 2.43. The summed E-state index contributed by atoms with van der Waals surface area (Å²) in [4.78, 5) is 16.6. The first-order valence-corrected chi connectivity index (χ1v) is 8.62. The van der Waals surface area contributed by atoms with Gasteiger partial charge in [-0.2, -0.15) is 5.10 Å². The molecule has 0 saturated carbocycles. The lowest BCUT2D eigenvalue weighted by Crippen LogP contribution is -2.53. The minimum Gasteiger partial charge on any atom is -0.364 e. The number of anilines is 1. The Morgan fingerprint density at radius 2 is 2.04 bits per heavy atom. The molecule has 0 bridgehead atoms. The first-order chi connectivity index (χ1) is 12.1. The number of nitrogens with zero attached hydrogens (tertiary/aromatic N) is 4. The molecule has 0 aliphatic carbocycles. The smallest absolute Gasteiger partial charge is 0.249 e. The fourth-order valence-electron chi connectivity index (χ4n) is 3.63. The number of amides is 1. The van der Waals surface area contributed by atoms with Crippen molar-refractivity contribution in [2.24, 2.45) is 0 Å². The standard InChI is InChI=1S/C19H22N4O2/c1-13-4-3-5-15(8-13)9-23-16-10-22(11-17(16)25-12-19(23)24)18-7-6-14(2)20-21-18/h3-8,16-17H,9-12H2,1-2H3/t16-,17-/m1/s1. The maximum absolute atomic E-state index is 12.5. The van der Waals surface area contributed by atoms with Gasteiger partial charge in [-0.15, -0.1) is 5.10 Å². The van der Waals surface area contributed by atoms with E-state index in [1.54, 1.807) is 0 Å². The third-order valence-corrected chi connectivity index (χ3v) is 4.92. The Hall–Kier alpha value is -2.47. The van der Waals surface area contributed by atoms with Crippen molar-refractivity contribution >= 4 is 11.7 Å². The summed E-state index contributed by atoms with van der Waals surface area (Å²) in [5.74, 6) is 0.895. The minimum atomic E-state index is 0.0191. The molecule has 0 unspecified atom stereocenters. The second-order valence-electron chi connectivity index (χ2n) is 6.87. The number of rotatable bonds is 3. The molecule has 1 aromatic carbocycles. The van der Waals surface area contributed by atoms with E-state index in [4.69, 9.17) is 4.74 Å². The number of benzene rings is 1. The molecule has 2 aliphatic rings. The average molecular weight is 338 g/mol. The molecular formula is C19H22N4O2. The molecule has 0 spiro atoms. The van der Waals surface area contributed by atoms with Gasteiger partial charge in [0.1, 0.15) is 6.61 Å². The van der Waals surface area contributed by atoms with Gasteiger partial charge in [0.2, 0.25) is 5.91 Å². The summed E-state index contributed by atoms with van der Waals surface area (Å²) in [7, 11) is 0. The molecule has 2 aromatic rings. The number of aromatic nitrogens is 2. The second-order valence-corrected chi connectivity index (χ2v) is 6.87. The van der Waals surface area contributed by atoms with Gasteiger partial charge in [0.25, 0.3) is 0 Å². The van der Waals surface area contributed by atoms with E-state index in [1.165, 1.54) is 5.56 Å². The molecule has 25 heavy (non-hydrogen) atoms. The zero-order valence-corrected chi connectivity index (χ0v) is 14.6. The second kappa shape index (κ2) is 6.44. The minimum absolute atomic E-state index is 0.0191. The van der Waals surface area contributed by atoms with E-state index in [2.05, 4.69) is 40.2 Å². The van der Waals surface area contributed by atoms with Gasteiger partial charge in [-0.25, -0.2) is 0 Å². The predicted octanol–water partition coefficient (Wildman–Crippen LogP) is 1.71. The molecule has 2 fully saturated rings. The topological polar surface area (TPSA) is 58.6 Å². The van der Waals surface area contributed by atoms with Crippen LogP contribution in [-0.2, 0) is 16.1 Å². The van der Waals surface area contributed by atoms with Gasteiger partial charge in [0.15, 0.2) is 5.82 Å². The van der Waals surface area contributed by atoms with Crippen LogP contribution in [-0.4, -0.2) is 52.8 Å². The van der Waals surface area contributed by atoms with Crippen molar-refractivity contribution in [3.63, 3.8) is 0 Å². The molecule has 1 aromatic heterocycles. The first kappa shape index (κ1) is 16.0. The van der Waals surface area contributed by atoms with Crippen LogP contribution in [0, 0.1) is 13.8 Å². The van der Waals surface area contributed by atoms with Crippen LogP contribution in [0.25, 0.3) is 0 Å². The monoisotopic (exact) mass is 338 g/mol. The lowest BCUT2D eigenvalue weighted by Gasteiger charge is -2.36. The third kappa shape index (κ3) is 3.22. The molecule has 6 nitrogen and oxygen atoms in total. The summed E-state index contributed by atoms with van der Waals surface area (Å²) in [6.45, 7) is 6.23. The predicted molar refractivity (Wildman–Crippen MR) is 94.2 cm³/mol. The maximum Gasteiger partial charge on any atom is 0.249 e. The van der Waals surface area contributed by atoms with Crippen molar-refractivity contribution in [1.82, 2.24) is 15.1 Å². The van der Waals surface area contributed by atoms with Crippen LogP contribution in [0.5, 0.6) is 0 Å². The molecule has 0 N–H and O–H groups in total. The lowest BCUT2D eigenvalue weighted by atomic mass is 10.1. The molecule has 6 heteroatoms. The van der Waals surface area contributed by atoms with Gasteiger partial charge in [-0.05, 0) is 31.5 Å². The number of morpholine rings is 1. The van der Waals surface area contributed by atoms with Crippen LogP contribution >= 0.6 is 0 Å². The van der Waals surface area contributed by atoms with Crippen LogP contribution in [0.15, 0.2) is 36.4 Å². The van der Waals surface area contributed by atoms with Crippen LogP contribution in [0.3, 0.4) is 0 Å².